The minimum atomic E-state index is -1.19. The summed E-state index contributed by atoms with van der Waals surface area (Å²) in [5, 5.41) is 27.4. The average molecular weight is 604 g/mol. The molecule has 3 rings (SSSR count). The van der Waals surface area contributed by atoms with Crippen molar-refractivity contribution in [2.24, 2.45) is 11.5 Å². The Morgan fingerprint density at radius 1 is 0.614 bits per heavy atom. The number of benzene rings is 3. The molecule has 0 aliphatic carbocycles. The van der Waals surface area contributed by atoms with Crippen LogP contribution in [0.15, 0.2) is 84.9 Å². The fourth-order valence-electron chi connectivity index (χ4n) is 4.67. The molecule has 0 bridgehead atoms. The summed E-state index contributed by atoms with van der Waals surface area (Å²) in [6.07, 6.45) is 1.68. The summed E-state index contributed by atoms with van der Waals surface area (Å²) in [5.74, 6) is -3.02. The van der Waals surface area contributed by atoms with Gasteiger partial charge in [0.15, 0.2) is 0 Å². The smallest absolute Gasteiger partial charge is 0.326 e. The third-order valence-electron chi connectivity index (χ3n) is 7.12. The predicted octanol–water partition coefficient (Wildman–Crippen LogP) is 1.42. The topological polar surface area (TPSA) is 197 Å². The molecule has 0 aromatic heterocycles. The van der Waals surface area contributed by atoms with Crippen molar-refractivity contribution in [2.45, 2.75) is 62.7 Å². The summed E-state index contributed by atoms with van der Waals surface area (Å²) in [4.78, 5) is 52.2. The van der Waals surface area contributed by atoms with Crippen LogP contribution in [0.5, 0.6) is 5.75 Å². The fourth-order valence-corrected chi connectivity index (χ4v) is 4.67. The maximum atomic E-state index is 13.7. The summed E-state index contributed by atoms with van der Waals surface area (Å²) in [6, 6.07) is 20.0. The molecule has 9 N–H and O–H groups in total. The number of carbonyl (C=O) groups is 4. The number of rotatable bonds is 17. The maximum Gasteiger partial charge on any atom is 0.326 e. The van der Waals surface area contributed by atoms with E-state index in [-0.39, 0.29) is 31.4 Å². The number of carbonyl (C=O) groups excluding carboxylic acids is 3. The van der Waals surface area contributed by atoms with Gasteiger partial charge in [0.05, 0.1) is 6.04 Å². The van der Waals surface area contributed by atoms with E-state index >= 15 is 0 Å². The van der Waals surface area contributed by atoms with Crippen LogP contribution in [0.2, 0.25) is 0 Å². The standard InChI is InChI=1S/C33H41N5O6/c34-18-8-7-13-27(33(43)44)36-31(41)29(20-23-11-5-2-6-12-23)38-32(42)28(21-24-14-16-25(39)17-15-24)37-30(40)26(35)19-22-9-3-1-4-10-22/h1-6,9-12,14-17,26-29,39H,7-8,13,18-21,34-35H2,(H,36,41)(H,37,40)(H,38,42)(H,43,44). The van der Waals surface area contributed by atoms with Gasteiger partial charge in [-0.25, -0.2) is 4.79 Å². The van der Waals surface area contributed by atoms with E-state index in [1.54, 1.807) is 36.4 Å². The zero-order valence-electron chi connectivity index (χ0n) is 24.5. The van der Waals surface area contributed by atoms with Crippen molar-refractivity contribution >= 4 is 23.7 Å². The molecule has 234 valence electrons. The molecule has 0 aliphatic rings. The van der Waals surface area contributed by atoms with E-state index in [9.17, 15) is 29.4 Å². The molecule has 0 aliphatic heterocycles. The third kappa shape index (κ3) is 11.2. The van der Waals surface area contributed by atoms with Crippen LogP contribution >= 0.6 is 0 Å². The Hall–Kier alpha value is -4.74. The molecule has 0 saturated carbocycles. The Morgan fingerprint density at radius 2 is 1.07 bits per heavy atom. The van der Waals surface area contributed by atoms with Crippen LogP contribution in [0.1, 0.15) is 36.0 Å². The van der Waals surface area contributed by atoms with Crippen molar-refractivity contribution in [3.8, 4) is 5.75 Å². The van der Waals surface area contributed by atoms with Crippen LogP contribution in [-0.4, -0.2) is 64.6 Å². The summed E-state index contributed by atoms with van der Waals surface area (Å²) >= 11 is 0. The van der Waals surface area contributed by atoms with Gasteiger partial charge in [0, 0.05) is 12.8 Å². The van der Waals surface area contributed by atoms with Crippen LogP contribution in [0.3, 0.4) is 0 Å². The van der Waals surface area contributed by atoms with Crippen molar-refractivity contribution in [3.05, 3.63) is 102 Å². The highest BCUT2D eigenvalue weighted by Gasteiger charge is 2.30. The number of nitrogens with one attached hydrogen (secondary N) is 3. The molecule has 4 unspecified atom stereocenters. The Kier molecular flexibility index (Phi) is 13.3. The molecule has 44 heavy (non-hydrogen) atoms. The molecule has 0 fully saturated rings. The lowest BCUT2D eigenvalue weighted by atomic mass is 10.0. The van der Waals surface area contributed by atoms with Crippen LogP contribution in [-0.2, 0) is 38.4 Å². The summed E-state index contributed by atoms with van der Waals surface area (Å²) < 4.78 is 0. The van der Waals surface area contributed by atoms with E-state index < -0.39 is 47.9 Å². The van der Waals surface area contributed by atoms with Gasteiger partial charge in [0.1, 0.15) is 23.9 Å². The summed E-state index contributed by atoms with van der Waals surface area (Å²) in [7, 11) is 0. The highest BCUT2D eigenvalue weighted by Crippen LogP contribution is 2.13. The Bertz CT molecular complexity index is 1350. The fraction of sp³-hybridized carbons (Fsp3) is 0.333. The Balaban J connectivity index is 1.82. The van der Waals surface area contributed by atoms with Crippen molar-refractivity contribution in [3.63, 3.8) is 0 Å². The van der Waals surface area contributed by atoms with Gasteiger partial charge in [-0.15, -0.1) is 0 Å². The van der Waals surface area contributed by atoms with Gasteiger partial charge in [-0.2, -0.15) is 0 Å². The zero-order chi connectivity index (χ0) is 31.9. The largest absolute Gasteiger partial charge is 0.508 e. The Morgan fingerprint density at radius 3 is 1.57 bits per heavy atom. The van der Waals surface area contributed by atoms with Crippen molar-refractivity contribution in [2.75, 3.05) is 6.54 Å². The molecule has 3 amide bonds. The van der Waals surface area contributed by atoms with Gasteiger partial charge in [-0.3, -0.25) is 14.4 Å². The molecule has 0 spiro atoms. The van der Waals surface area contributed by atoms with Gasteiger partial charge in [0.25, 0.3) is 0 Å². The minimum absolute atomic E-state index is 0.0442. The second-order valence-corrected chi connectivity index (χ2v) is 10.7. The monoisotopic (exact) mass is 603 g/mol. The number of aliphatic carboxylic acids is 1. The van der Waals surface area contributed by atoms with Crippen molar-refractivity contribution in [1.82, 2.24) is 16.0 Å². The van der Waals surface area contributed by atoms with E-state index in [0.29, 0.717) is 24.9 Å². The number of carboxylic acids is 1. The first-order valence-corrected chi connectivity index (χ1v) is 14.6. The van der Waals surface area contributed by atoms with Crippen LogP contribution < -0.4 is 27.4 Å². The third-order valence-corrected chi connectivity index (χ3v) is 7.12. The number of nitrogens with two attached hydrogens (primary N) is 2. The van der Waals surface area contributed by atoms with Gasteiger partial charge in [-0.05, 0) is 61.1 Å². The highest BCUT2D eigenvalue weighted by molar-refractivity contribution is 5.94. The number of amides is 3. The number of hydrogen-bond donors (Lipinski definition) is 7. The number of aromatic hydroxyl groups is 1. The molecule has 11 heteroatoms. The quantitative estimate of drug-likeness (QED) is 0.112. The van der Waals surface area contributed by atoms with E-state index in [1.165, 1.54) is 12.1 Å². The SMILES string of the molecule is NCCCCC(NC(=O)C(Cc1ccccc1)NC(=O)C(Cc1ccc(O)cc1)NC(=O)C(N)Cc1ccccc1)C(=O)O. The predicted molar refractivity (Wildman–Crippen MR) is 166 cm³/mol. The van der Waals surface area contributed by atoms with Crippen molar-refractivity contribution < 1.29 is 29.4 Å². The average Bonchev–Trinajstić information content (AvgIpc) is 3.01. The second-order valence-electron chi connectivity index (χ2n) is 10.7. The van der Waals surface area contributed by atoms with E-state index in [2.05, 4.69) is 16.0 Å². The van der Waals surface area contributed by atoms with Gasteiger partial charge in [-0.1, -0.05) is 72.8 Å². The summed E-state index contributed by atoms with van der Waals surface area (Å²) in [6.45, 7) is 0.399. The molecule has 3 aromatic rings. The van der Waals surface area contributed by atoms with Crippen LogP contribution in [0, 0.1) is 0 Å². The molecule has 0 radical (unpaired) electrons. The van der Waals surface area contributed by atoms with Gasteiger partial charge in [0.2, 0.25) is 17.7 Å². The lowest BCUT2D eigenvalue weighted by molar-refractivity contribution is -0.142. The molecular weight excluding hydrogens is 562 g/mol. The maximum absolute atomic E-state index is 13.7. The van der Waals surface area contributed by atoms with E-state index in [1.807, 2.05) is 36.4 Å². The Labute approximate surface area is 257 Å². The lowest BCUT2D eigenvalue weighted by Gasteiger charge is -2.25. The first-order valence-electron chi connectivity index (χ1n) is 14.6. The van der Waals surface area contributed by atoms with Crippen molar-refractivity contribution in [1.29, 1.82) is 0 Å². The first-order chi connectivity index (χ1) is 21.2. The van der Waals surface area contributed by atoms with Crippen LogP contribution in [0.4, 0.5) is 0 Å². The number of unbranched alkanes of at least 4 members (excludes halogenated alkanes) is 1. The van der Waals surface area contributed by atoms with Gasteiger partial charge < -0.3 is 37.6 Å². The lowest BCUT2D eigenvalue weighted by Crippen LogP contribution is -2.58. The summed E-state index contributed by atoms with van der Waals surface area (Å²) in [5.41, 5.74) is 14.0. The molecule has 4 atom stereocenters. The molecule has 0 saturated heterocycles. The molecule has 0 heterocycles. The molecular formula is C33H41N5O6. The second kappa shape index (κ2) is 17.4. The minimum Gasteiger partial charge on any atom is -0.508 e. The number of carboxylic acid groups (broad SMARTS) is 1. The molecule has 3 aromatic carbocycles. The van der Waals surface area contributed by atoms with Crippen LogP contribution in [0.25, 0.3) is 0 Å². The van der Waals surface area contributed by atoms with E-state index in [4.69, 9.17) is 11.5 Å². The molecule has 11 nitrogen and oxygen atoms in total. The number of phenolic OH excluding ortho intramolecular Hbond substituents is 1. The zero-order valence-corrected chi connectivity index (χ0v) is 24.5. The number of phenols is 1. The van der Waals surface area contributed by atoms with Gasteiger partial charge >= 0.3 is 5.97 Å². The first kappa shape index (κ1) is 33.8. The van der Waals surface area contributed by atoms with E-state index in [0.717, 1.165) is 11.1 Å². The number of hydrogen-bond acceptors (Lipinski definition) is 7. The highest BCUT2D eigenvalue weighted by atomic mass is 16.4. The normalized spacial score (nSPS) is 13.6.